The van der Waals surface area contributed by atoms with Crippen LogP contribution < -0.4 is 10.6 Å². The van der Waals surface area contributed by atoms with Crippen molar-refractivity contribution in [1.82, 2.24) is 20.4 Å². The monoisotopic (exact) mass is 519 g/mol. The lowest BCUT2D eigenvalue weighted by Gasteiger charge is -2.34. The highest BCUT2D eigenvalue weighted by molar-refractivity contribution is 14.0. The molecule has 0 spiro atoms. The molecule has 1 fully saturated rings. The molecule has 0 atom stereocenters. The van der Waals surface area contributed by atoms with E-state index >= 15 is 0 Å². The van der Waals surface area contributed by atoms with Gasteiger partial charge < -0.3 is 15.5 Å². The van der Waals surface area contributed by atoms with Gasteiger partial charge in [-0.25, -0.2) is 0 Å². The standard InChI is InChI=1S/C21H37N5S.HI/c1-21(2,27-4)18-24-20(22-3)23-11-8-12-25-13-15-26(16-14-25)17-19-9-6-5-7-10-19;/h5-7,9-10H,8,11-18H2,1-4H3,(H2,22,23,24);1H. The van der Waals surface area contributed by atoms with Gasteiger partial charge in [0.05, 0.1) is 0 Å². The topological polar surface area (TPSA) is 42.9 Å². The second-order valence-electron chi connectivity index (χ2n) is 7.77. The molecular formula is C21H38IN5S. The van der Waals surface area contributed by atoms with Crippen molar-refractivity contribution < 1.29 is 0 Å². The molecule has 0 bridgehead atoms. The zero-order valence-corrected chi connectivity index (χ0v) is 21.1. The molecule has 28 heavy (non-hydrogen) atoms. The average molecular weight is 520 g/mol. The van der Waals surface area contributed by atoms with Gasteiger partial charge in [-0.3, -0.25) is 9.89 Å². The average Bonchev–Trinajstić information content (AvgIpc) is 2.69. The van der Waals surface area contributed by atoms with Gasteiger partial charge in [0.25, 0.3) is 0 Å². The minimum atomic E-state index is 0. The second-order valence-corrected chi connectivity index (χ2v) is 9.29. The number of rotatable bonds is 9. The third-order valence-corrected chi connectivity index (χ3v) is 6.36. The van der Waals surface area contributed by atoms with E-state index in [0.29, 0.717) is 0 Å². The SMILES string of the molecule is CN=C(NCCCN1CCN(Cc2ccccc2)CC1)NCC(C)(C)SC.I. The summed E-state index contributed by atoms with van der Waals surface area (Å²) in [4.78, 5) is 9.46. The van der Waals surface area contributed by atoms with E-state index in [1.165, 1.54) is 18.7 Å². The Morgan fingerprint density at radius 1 is 1.07 bits per heavy atom. The molecule has 0 aromatic heterocycles. The van der Waals surface area contributed by atoms with Crippen LogP contribution >= 0.6 is 35.7 Å². The first-order chi connectivity index (χ1) is 13.0. The fourth-order valence-electron chi connectivity index (χ4n) is 3.11. The molecule has 2 N–H and O–H groups in total. The Morgan fingerprint density at radius 2 is 1.71 bits per heavy atom. The number of hydrogen-bond donors (Lipinski definition) is 2. The number of halogens is 1. The Bertz CT molecular complexity index is 559. The van der Waals surface area contributed by atoms with E-state index in [-0.39, 0.29) is 28.7 Å². The molecular weight excluding hydrogens is 481 g/mol. The van der Waals surface area contributed by atoms with Gasteiger partial charge in [0.2, 0.25) is 0 Å². The molecule has 1 aliphatic heterocycles. The molecule has 2 rings (SSSR count). The van der Waals surface area contributed by atoms with Crippen molar-refractivity contribution >= 4 is 41.7 Å². The Kier molecular flexibility index (Phi) is 12.5. The minimum Gasteiger partial charge on any atom is -0.356 e. The van der Waals surface area contributed by atoms with Crippen LogP contribution in [-0.2, 0) is 6.54 Å². The maximum absolute atomic E-state index is 4.32. The molecule has 1 aromatic carbocycles. The third kappa shape index (κ3) is 9.80. The van der Waals surface area contributed by atoms with Crippen LogP contribution in [0.2, 0.25) is 0 Å². The zero-order chi connectivity index (χ0) is 19.5. The van der Waals surface area contributed by atoms with Gasteiger partial charge in [0.15, 0.2) is 5.96 Å². The zero-order valence-electron chi connectivity index (χ0n) is 17.9. The van der Waals surface area contributed by atoms with Gasteiger partial charge in [-0.2, -0.15) is 11.8 Å². The van der Waals surface area contributed by atoms with E-state index in [0.717, 1.165) is 51.6 Å². The van der Waals surface area contributed by atoms with E-state index in [1.54, 1.807) is 0 Å². The summed E-state index contributed by atoms with van der Waals surface area (Å²) in [5.41, 5.74) is 1.42. The van der Waals surface area contributed by atoms with Crippen LogP contribution in [-0.4, -0.2) is 79.6 Å². The summed E-state index contributed by atoms with van der Waals surface area (Å²) in [5, 5.41) is 6.87. The lowest BCUT2D eigenvalue weighted by molar-refractivity contribution is 0.126. The lowest BCUT2D eigenvalue weighted by Crippen LogP contribution is -2.47. The summed E-state index contributed by atoms with van der Waals surface area (Å²) in [6, 6.07) is 10.8. The van der Waals surface area contributed by atoms with Gasteiger partial charge in [0.1, 0.15) is 0 Å². The predicted molar refractivity (Wildman–Crippen MR) is 135 cm³/mol. The normalized spacial score (nSPS) is 16.5. The van der Waals surface area contributed by atoms with Crippen LogP contribution in [0.15, 0.2) is 35.3 Å². The highest BCUT2D eigenvalue weighted by Crippen LogP contribution is 2.19. The molecule has 0 amide bonds. The van der Waals surface area contributed by atoms with Crippen LogP contribution in [0.25, 0.3) is 0 Å². The number of nitrogens with one attached hydrogen (secondary N) is 2. The number of piperazine rings is 1. The van der Waals surface area contributed by atoms with Gasteiger partial charge >= 0.3 is 0 Å². The maximum Gasteiger partial charge on any atom is 0.191 e. The molecule has 5 nitrogen and oxygen atoms in total. The van der Waals surface area contributed by atoms with Crippen LogP contribution in [0, 0.1) is 0 Å². The highest BCUT2D eigenvalue weighted by atomic mass is 127. The molecule has 0 radical (unpaired) electrons. The van der Waals surface area contributed by atoms with Crippen LogP contribution in [0.5, 0.6) is 0 Å². The van der Waals surface area contributed by atoms with E-state index in [2.05, 4.69) is 75.9 Å². The van der Waals surface area contributed by atoms with Crippen molar-refractivity contribution in [3.63, 3.8) is 0 Å². The van der Waals surface area contributed by atoms with Gasteiger partial charge in [-0.15, -0.1) is 24.0 Å². The summed E-state index contributed by atoms with van der Waals surface area (Å²) >= 11 is 1.87. The minimum absolute atomic E-state index is 0. The van der Waals surface area contributed by atoms with Crippen LogP contribution in [0.4, 0.5) is 0 Å². The Morgan fingerprint density at radius 3 is 2.32 bits per heavy atom. The third-order valence-electron chi connectivity index (χ3n) is 5.12. The first-order valence-corrected chi connectivity index (χ1v) is 11.2. The fraction of sp³-hybridized carbons (Fsp3) is 0.667. The van der Waals surface area contributed by atoms with Crippen LogP contribution in [0.1, 0.15) is 25.8 Å². The number of aliphatic imine (C=N–C) groups is 1. The fourth-order valence-corrected chi connectivity index (χ4v) is 3.33. The summed E-state index contributed by atoms with van der Waals surface area (Å²) < 4.78 is 0.219. The highest BCUT2D eigenvalue weighted by Gasteiger charge is 2.17. The number of hydrogen-bond acceptors (Lipinski definition) is 4. The Labute approximate surface area is 193 Å². The number of benzene rings is 1. The molecule has 7 heteroatoms. The summed E-state index contributed by atoms with van der Waals surface area (Å²) in [6.45, 7) is 13.3. The van der Waals surface area contributed by atoms with Crippen molar-refractivity contribution in [2.45, 2.75) is 31.6 Å². The summed E-state index contributed by atoms with van der Waals surface area (Å²) in [7, 11) is 1.84. The Balaban J connectivity index is 0.00000392. The lowest BCUT2D eigenvalue weighted by atomic mass is 10.2. The number of thioether (sulfide) groups is 1. The van der Waals surface area contributed by atoms with Gasteiger partial charge in [-0.1, -0.05) is 30.3 Å². The van der Waals surface area contributed by atoms with Crippen molar-refractivity contribution in [2.24, 2.45) is 4.99 Å². The van der Waals surface area contributed by atoms with E-state index < -0.39 is 0 Å². The van der Waals surface area contributed by atoms with Crippen molar-refractivity contribution in [3.05, 3.63) is 35.9 Å². The number of nitrogens with zero attached hydrogens (tertiary/aromatic N) is 3. The van der Waals surface area contributed by atoms with Crippen LogP contribution in [0.3, 0.4) is 0 Å². The van der Waals surface area contributed by atoms with Gasteiger partial charge in [-0.05, 0) is 38.6 Å². The van der Waals surface area contributed by atoms with E-state index in [4.69, 9.17) is 0 Å². The smallest absolute Gasteiger partial charge is 0.191 e. The van der Waals surface area contributed by atoms with E-state index in [1.807, 2.05) is 18.8 Å². The maximum atomic E-state index is 4.32. The first kappa shape index (κ1) is 25.5. The molecule has 0 aliphatic carbocycles. The molecule has 1 aliphatic rings. The molecule has 1 aromatic rings. The quantitative estimate of drug-likeness (QED) is 0.227. The predicted octanol–water partition coefficient (Wildman–Crippen LogP) is 3.12. The summed E-state index contributed by atoms with van der Waals surface area (Å²) in [5.74, 6) is 0.907. The molecule has 0 unspecified atom stereocenters. The van der Waals surface area contributed by atoms with Gasteiger partial charge in [0, 0.05) is 57.6 Å². The van der Waals surface area contributed by atoms with Crippen molar-refractivity contribution in [3.8, 4) is 0 Å². The summed E-state index contributed by atoms with van der Waals surface area (Å²) in [6.07, 6.45) is 3.29. The first-order valence-electron chi connectivity index (χ1n) is 10.0. The van der Waals surface area contributed by atoms with Crippen molar-refractivity contribution in [1.29, 1.82) is 0 Å². The van der Waals surface area contributed by atoms with Crippen molar-refractivity contribution in [2.75, 3.05) is 59.1 Å². The van der Waals surface area contributed by atoms with E-state index in [9.17, 15) is 0 Å². The molecule has 0 saturated carbocycles. The molecule has 160 valence electrons. The second kappa shape index (κ2) is 13.7. The number of guanidine groups is 1. The largest absolute Gasteiger partial charge is 0.356 e. The Hall–Kier alpha value is -0.510. The molecule has 1 saturated heterocycles. The molecule has 1 heterocycles.